The molecule has 0 amide bonds. The van der Waals surface area contributed by atoms with E-state index < -0.39 is 12.6 Å². The Morgan fingerprint density at radius 1 is 1.53 bits per heavy atom. The van der Waals surface area contributed by atoms with E-state index in [0.29, 0.717) is 6.42 Å². The summed E-state index contributed by atoms with van der Waals surface area (Å²) in [5.74, 6) is 0. The Kier molecular flexibility index (Phi) is 3.99. The van der Waals surface area contributed by atoms with Crippen LogP contribution in [0, 0.1) is 0 Å². The molecule has 1 atom stereocenters. The van der Waals surface area contributed by atoms with E-state index >= 15 is 0 Å². The molecule has 3 nitrogen and oxygen atoms in total. The zero-order valence-electron chi connectivity index (χ0n) is 8.43. The van der Waals surface area contributed by atoms with Crippen molar-refractivity contribution >= 4 is 5.69 Å². The number of aromatic nitrogens is 2. The van der Waals surface area contributed by atoms with Crippen molar-refractivity contribution in [2.75, 3.05) is 5.32 Å². The minimum Gasteiger partial charge on any atom is -0.380 e. The molecule has 0 bridgehead atoms. The van der Waals surface area contributed by atoms with Gasteiger partial charge in [-0.05, 0) is 19.8 Å². The van der Waals surface area contributed by atoms with Gasteiger partial charge in [0.2, 0.25) is 0 Å². The average Bonchev–Trinajstić information content (AvgIpc) is 2.54. The summed E-state index contributed by atoms with van der Waals surface area (Å²) in [4.78, 5) is 0. The maximum atomic E-state index is 11.8. The van der Waals surface area contributed by atoms with Gasteiger partial charge in [0.15, 0.2) is 0 Å². The van der Waals surface area contributed by atoms with Crippen LogP contribution < -0.4 is 5.32 Å². The third-order valence-electron chi connectivity index (χ3n) is 2.01. The first-order valence-corrected chi connectivity index (χ1v) is 4.79. The molecular formula is C9H14F3N3. The number of nitrogens with zero attached hydrogens (tertiary/aromatic N) is 1. The maximum absolute atomic E-state index is 11.8. The molecule has 15 heavy (non-hydrogen) atoms. The second-order valence-corrected chi connectivity index (χ2v) is 3.54. The number of H-pyrrole nitrogens is 1. The van der Waals surface area contributed by atoms with Crippen LogP contribution in [0.4, 0.5) is 18.9 Å². The summed E-state index contributed by atoms with van der Waals surface area (Å²) in [7, 11) is 0. The van der Waals surface area contributed by atoms with Crippen LogP contribution in [-0.4, -0.2) is 22.4 Å². The van der Waals surface area contributed by atoms with Crippen LogP contribution in [0.1, 0.15) is 26.2 Å². The zero-order valence-corrected chi connectivity index (χ0v) is 8.43. The van der Waals surface area contributed by atoms with E-state index in [1.54, 1.807) is 12.4 Å². The van der Waals surface area contributed by atoms with Gasteiger partial charge in [-0.1, -0.05) is 0 Å². The Morgan fingerprint density at radius 3 is 2.80 bits per heavy atom. The normalized spacial score (nSPS) is 13.9. The Morgan fingerprint density at radius 2 is 2.27 bits per heavy atom. The van der Waals surface area contributed by atoms with E-state index in [0.717, 1.165) is 5.69 Å². The third kappa shape index (κ3) is 5.29. The van der Waals surface area contributed by atoms with E-state index in [1.807, 2.05) is 6.92 Å². The van der Waals surface area contributed by atoms with E-state index in [9.17, 15) is 13.2 Å². The Labute approximate surface area is 86.1 Å². The highest BCUT2D eigenvalue weighted by molar-refractivity contribution is 5.38. The lowest BCUT2D eigenvalue weighted by Gasteiger charge is -2.13. The number of nitrogens with one attached hydrogen (secondary N) is 2. The standard InChI is InChI=1S/C9H14F3N3/c1-7(3-2-4-9(10,11)12)15-8-5-13-14-6-8/h5-7,15H,2-4H2,1H3,(H,13,14). The van der Waals surface area contributed by atoms with E-state index in [1.165, 1.54) is 0 Å². The predicted octanol–water partition coefficient (Wildman–Crippen LogP) is 2.94. The number of anilines is 1. The first-order chi connectivity index (χ1) is 6.97. The van der Waals surface area contributed by atoms with Crippen molar-refractivity contribution < 1.29 is 13.2 Å². The van der Waals surface area contributed by atoms with Crippen LogP contribution in [0.5, 0.6) is 0 Å². The number of alkyl halides is 3. The number of hydrogen-bond donors (Lipinski definition) is 2. The van der Waals surface area contributed by atoms with Crippen molar-refractivity contribution in [3.8, 4) is 0 Å². The summed E-state index contributed by atoms with van der Waals surface area (Å²) < 4.78 is 35.5. The monoisotopic (exact) mass is 221 g/mol. The molecule has 1 aromatic rings. The van der Waals surface area contributed by atoms with Gasteiger partial charge in [-0.2, -0.15) is 18.3 Å². The van der Waals surface area contributed by atoms with Crippen molar-refractivity contribution in [3.63, 3.8) is 0 Å². The summed E-state index contributed by atoms with van der Waals surface area (Å²) in [5.41, 5.74) is 0.800. The molecule has 0 spiro atoms. The van der Waals surface area contributed by atoms with Crippen molar-refractivity contribution in [2.45, 2.75) is 38.4 Å². The van der Waals surface area contributed by atoms with Gasteiger partial charge in [-0.15, -0.1) is 0 Å². The molecular weight excluding hydrogens is 207 g/mol. The third-order valence-corrected chi connectivity index (χ3v) is 2.01. The molecule has 6 heteroatoms. The SMILES string of the molecule is CC(CCCC(F)(F)F)Nc1cn[nH]c1. The number of rotatable bonds is 5. The molecule has 0 aliphatic heterocycles. The van der Waals surface area contributed by atoms with Crippen LogP contribution in [0.3, 0.4) is 0 Å². The highest BCUT2D eigenvalue weighted by atomic mass is 19.4. The fraction of sp³-hybridized carbons (Fsp3) is 0.667. The molecule has 0 radical (unpaired) electrons. The molecule has 1 heterocycles. The molecule has 0 aromatic carbocycles. The maximum Gasteiger partial charge on any atom is 0.389 e. The van der Waals surface area contributed by atoms with Crippen LogP contribution in [0.2, 0.25) is 0 Å². The van der Waals surface area contributed by atoms with Crippen LogP contribution in [0.15, 0.2) is 12.4 Å². The minimum absolute atomic E-state index is 0.0185. The fourth-order valence-corrected chi connectivity index (χ4v) is 1.30. The van der Waals surface area contributed by atoms with Crippen molar-refractivity contribution in [1.82, 2.24) is 10.2 Å². The fourth-order valence-electron chi connectivity index (χ4n) is 1.30. The first kappa shape index (κ1) is 11.9. The molecule has 1 aromatic heterocycles. The summed E-state index contributed by atoms with van der Waals surface area (Å²) in [6, 6.07) is 0.0185. The molecule has 0 saturated heterocycles. The summed E-state index contributed by atoms with van der Waals surface area (Å²) in [6.07, 6.45) is -0.861. The molecule has 86 valence electrons. The molecule has 0 aliphatic carbocycles. The van der Waals surface area contributed by atoms with Gasteiger partial charge in [0.05, 0.1) is 11.9 Å². The second-order valence-electron chi connectivity index (χ2n) is 3.54. The van der Waals surface area contributed by atoms with E-state index in [4.69, 9.17) is 0 Å². The van der Waals surface area contributed by atoms with E-state index in [2.05, 4.69) is 15.5 Å². The van der Waals surface area contributed by atoms with Crippen LogP contribution >= 0.6 is 0 Å². The molecule has 1 unspecified atom stereocenters. The minimum atomic E-state index is -4.05. The van der Waals surface area contributed by atoms with Gasteiger partial charge in [0, 0.05) is 18.7 Å². The Hall–Kier alpha value is -1.20. The lowest BCUT2D eigenvalue weighted by molar-refractivity contribution is -0.135. The van der Waals surface area contributed by atoms with Gasteiger partial charge in [0.1, 0.15) is 0 Å². The van der Waals surface area contributed by atoms with Crippen molar-refractivity contribution in [3.05, 3.63) is 12.4 Å². The number of aromatic amines is 1. The highest BCUT2D eigenvalue weighted by Gasteiger charge is 2.26. The Bertz CT molecular complexity index is 269. The van der Waals surface area contributed by atoms with Crippen LogP contribution in [0.25, 0.3) is 0 Å². The summed E-state index contributed by atoms with van der Waals surface area (Å²) >= 11 is 0. The number of halogens is 3. The smallest absolute Gasteiger partial charge is 0.380 e. The molecule has 0 aliphatic rings. The van der Waals surface area contributed by atoms with Crippen LogP contribution in [-0.2, 0) is 0 Å². The van der Waals surface area contributed by atoms with Crippen molar-refractivity contribution in [1.29, 1.82) is 0 Å². The first-order valence-electron chi connectivity index (χ1n) is 4.79. The number of hydrogen-bond acceptors (Lipinski definition) is 2. The second kappa shape index (κ2) is 5.04. The average molecular weight is 221 g/mol. The van der Waals surface area contributed by atoms with Crippen molar-refractivity contribution in [2.24, 2.45) is 0 Å². The van der Waals surface area contributed by atoms with Gasteiger partial charge in [-0.25, -0.2) is 0 Å². The zero-order chi connectivity index (χ0) is 11.3. The van der Waals surface area contributed by atoms with E-state index in [-0.39, 0.29) is 12.5 Å². The van der Waals surface area contributed by atoms with Gasteiger partial charge in [0.25, 0.3) is 0 Å². The topological polar surface area (TPSA) is 40.7 Å². The molecule has 0 fully saturated rings. The lowest BCUT2D eigenvalue weighted by atomic mass is 10.1. The summed E-state index contributed by atoms with van der Waals surface area (Å²) in [6.45, 7) is 1.85. The molecule has 2 N–H and O–H groups in total. The molecule has 1 rings (SSSR count). The van der Waals surface area contributed by atoms with Gasteiger partial charge < -0.3 is 5.32 Å². The predicted molar refractivity (Wildman–Crippen MR) is 51.6 cm³/mol. The Balaban J connectivity index is 2.17. The molecule has 0 saturated carbocycles. The summed E-state index contributed by atoms with van der Waals surface area (Å²) in [5, 5.41) is 9.40. The largest absolute Gasteiger partial charge is 0.389 e. The van der Waals surface area contributed by atoms with Gasteiger partial charge in [-0.3, -0.25) is 5.10 Å². The van der Waals surface area contributed by atoms with Gasteiger partial charge >= 0.3 is 6.18 Å². The quantitative estimate of drug-likeness (QED) is 0.802. The lowest BCUT2D eigenvalue weighted by Crippen LogP contribution is -2.16. The highest BCUT2D eigenvalue weighted by Crippen LogP contribution is 2.23.